The lowest BCUT2D eigenvalue weighted by molar-refractivity contribution is 0.482. The lowest BCUT2D eigenvalue weighted by Crippen LogP contribution is -2.01. The highest BCUT2D eigenvalue weighted by Gasteiger charge is 2.16. The first-order valence-electron chi connectivity index (χ1n) is 7.24. The molecule has 3 rings (SSSR count). The summed E-state index contributed by atoms with van der Waals surface area (Å²) >= 11 is 0. The Balaban J connectivity index is 1.85. The molecule has 118 valence electrons. The molecule has 0 fully saturated rings. The zero-order valence-corrected chi connectivity index (χ0v) is 13.5. The molecule has 0 aromatic heterocycles. The average molecular weight is 334 g/mol. The van der Waals surface area contributed by atoms with Crippen LogP contribution in [0.1, 0.15) is 5.56 Å². The van der Waals surface area contributed by atoms with Gasteiger partial charge < -0.3 is 4.74 Å². The Labute approximate surface area is 141 Å². The quantitative estimate of drug-likeness (QED) is 0.668. The van der Waals surface area contributed by atoms with Gasteiger partial charge in [-0.2, -0.15) is 0 Å². The van der Waals surface area contributed by atoms with Crippen LogP contribution in [0.5, 0.6) is 11.5 Å². The summed E-state index contributed by atoms with van der Waals surface area (Å²) in [7, 11) is -3.52. The molecule has 0 spiro atoms. The van der Waals surface area contributed by atoms with Gasteiger partial charge in [0.25, 0.3) is 0 Å². The second-order valence-electron chi connectivity index (χ2n) is 5.06. The molecule has 0 saturated carbocycles. The van der Waals surface area contributed by atoms with E-state index in [2.05, 4.69) is 5.92 Å². The summed E-state index contributed by atoms with van der Waals surface area (Å²) in [4.78, 5) is 0.485. The topological polar surface area (TPSA) is 43.4 Å². The van der Waals surface area contributed by atoms with Gasteiger partial charge in [-0.3, -0.25) is 0 Å². The van der Waals surface area contributed by atoms with Gasteiger partial charge >= 0.3 is 0 Å². The van der Waals surface area contributed by atoms with E-state index < -0.39 is 9.84 Å². The normalized spacial score (nSPS) is 10.8. The van der Waals surface area contributed by atoms with Crippen molar-refractivity contribution in [1.29, 1.82) is 0 Å². The monoisotopic (exact) mass is 334 g/mol. The lowest BCUT2D eigenvalue weighted by atomic mass is 10.2. The lowest BCUT2D eigenvalue weighted by Gasteiger charge is -2.08. The third kappa shape index (κ3) is 3.32. The van der Waals surface area contributed by atoms with Crippen LogP contribution in [-0.4, -0.2) is 8.42 Å². The highest BCUT2D eigenvalue weighted by Crippen LogP contribution is 2.26. The highest BCUT2D eigenvalue weighted by molar-refractivity contribution is 7.91. The molecule has 4 heteroatoms. The molecule has 3 nitrogen and oxygen atoms in total. The first-order valence-corrected chi connectivity index (χ1v) is 8.73. The maximum Gasteiger partial charge on any atom is 0.206 e. The maximum absolute atomic E-state index is 12.5. The summed E-state index contributed by atoms with van der Waals surface area (Å²) in [6.45, 7) is 0. The number of hydrogen-bond acceptors (Lipinski definition) is 3. The molecule has 0 saturated heterocycles. The van der Waals surface area contributed by atoms with Crippen molar-refractivity contribution >= 4 is 9.84 Å². The van der Waals surface area contributed by atoms with Crippen LogP contribution in [0.4, 0.5) is 0 Å². The van der Waals surface area contributed by atoms with Crippen LogP contribution >= 0.6 is 0 Å². The third-order valence-corrected chi connectivity index (χ3v) is 5.21. The zero-order chi connectivity index (χ0) is 17.0. The molecule has 3 aromatic rings. The van der Waals surface area contributed by atoms with E-state index in [0.717, 1.165) is 5.56 Å². The van der Waals surface area contributed by atoms with Crippen LogP contribution in [0.3, 0.4) is 0 Å². The molecule has 3 aromatic carbocycles. The van der Waals surface area contributed by atoms with E-state index in [-0.39, 0.29) is 9.79 Å². The smallest absolute Gasteiger partial charge is 0.206 e. The van der Waals surface area contributed by atoms with Crippen LogP contribution in [0.25, 0.3) is 0 Å². The van der Waals surface area contributed by atoms with Gasteiger partial charge in [0, 0.05) is 5.56 Å². The van der Waals surface area contributed by atoms with Gasteiger partial charge in [0.2, 0.25) is 9.84 Å². The predicted octanol–water partition coefficient (Wildman–Crippen LogP) is 4.29. The summed E-state index contributed by atoms with van der Waals surface area (Å²) < 4.78 is 30.8. The van der Waals surface area contributed by atoms with Crippen LogP contribution in [0.15, 0.2) is 88.7 Å². The number of hydrogen-bond donors (Lipinski definition) is 0. The Morgan fingerprint density at radius 1 is 0.750 bits per heavy atom. The molecule has 0 unspecified atom stereocenters. The molecule has 0 N–H and O–H groups in total. The van der Waals surface area contributed by atoms with Crippen molar-refractivity contribution in [1.82, 2.24) is 0 Å². The average Bonchev–Trinajstić information content (AvgIpc) is 2.63. The molecule has 0 amide bonds. The van der Waals surface area contributed by atoms with Crippen LogP contribution < -0.4 is 4.74 Å². The molecular formula is C20H14O3S. The van der Waals surface area contributed by atoms with Crippen molar-refractivity contribution in [3.63, 3.8) is 0 Å². The van der Waals surface area contributed by atoms with Gasteiger partial charge in [0.05, 0.1) is 9.79 Å². The molecule has 0 aliphatic carbocycles. The van der Waals surface area contributed by atoms with E-state index in [1.54, 1.807) is 60.7 Å². The minimum atomic E-state index is -3.52. The second kappa shape index (κ2) is 6.61. The zero-order valence-electron chi connectivity index (χ0n) is 12.7. The van der Waals surface area contributed by atoms with Gasteiger partial charge in [-0.25, -0.2) is 8.42 Å². The number of terminal acetylenes is 1. The molecule has 0 heterocycles. The molecule has 0 radical (unpaired) electrons. The third-order valence-electron chi connectivity index (χ3n) is 3.42. The minimum absolute atomic E-state index is 0.221. The van der Waals surface area contributed by atoms with Gasteiger partial charge in [0.15, 0.2) is 0 Å². The number of benzene rings is 3. The number of sulfone groups is 1. The SMILES string of the molecule is C#Cc1cccc(Oc2ccc(S(=O)(=O)c3ccccc3)cc2)c1. The molecular weight excluding hydrogens is 320 g/mol. The van der Waals surface area contributed by atoms with E-state index in [1.807, 2.05) is 6.07 Å². The summed E-state index contributed by atoms with van der Waals surface area (Å²) in [5.41, 5.74) is 0.718. The van der Waals surface area contributed by atoms with E-state index in [9.17, 15) is 8.42 Å². The van der Waals surface area contributed by atoms with Crippen molar-refractivity contribution in [2.24, 2.45) is 0 Å². The summed E-state index contributed by atoms with van der Waals surface area (Å²) in [5.74, 6) is 3.68. The van der Waals surface area contributed by atoms with Crippen molar-refractivity contribution in [3.05, 3.63) is 84.4 Å². The van der Waals surface area contributed by atoms with Gasteiger partial charge in [-0.15, -0.1) is 6.42 Å². The second-order valence-corrected chi connectivity index (χ2v) is 7.01. The van der Waals surface area contributed by atoms with Crippen LogP contribution in [0, 0.1) is 12.3 Å². The predicted molar refractivity (Wildman–Crippen MR) is 92.8 cm³/mol. The first-order chi connectivity index (χ1) is 11.6. The largest absolute Gasteiger partial charge is 0.457 e. The van der Waals surface area contributed by atoms with Crippen molar-refractivity contribution < 1.29 is 13.2 Å². The van der Waals surface area contributed by atoms with Gasteiger partial charge in [0.1, 0.15) is 11.5 Å². The number of ether oxygens (including phenoxy) is 1. The van der Waals surface area contributed by atoms with E-state index in [4.69, 9.17) is 11.2 Å². The van der Waals surface area contributed by atoms with E-state index >= 15 is 0 Å². The standard InChI is InChI=1S/C20H14O3S/c1-2-16-7-6-8-18(15-16)23-17-11-13-20(14-12-17)24(21,22)19-9-4-3-5-10-19/h1,3-15H. The van der Waals surface area contributed by atoms with Crippen molar-refractivity contribution in [2.75, 3.05) is 0 Å². The molecule has 0 bridgehead atoms. The maximum atomic E-state index is 12.5. The molecule has 0 aliphatic rings. The Bertz CT molecular complexity index is 983. The minimum Gasteiger partial charge on any atom is -0.457 e. The van der Waals surface area contributed by atoms with E-state index in [1.165, 1.54) is 12.1 Å². The first kappa shape index (κ1) is 15.9. The van der Waals surface area contributed by atoms with Crippen LogP contribution in [-0.2, 0) is 9.84 Å². The number of rotatable bonds is 4. The summed E-state index contributed by atoms with van der Waals surface area (Å²) in [6.07, 6.45) is 5.36. The fourth-order valence-electron chi connectivity index (χ4n) is 2.21. The Hall–Kier alpha value is -3.03. The molecule has 0 aliphatic heterocycles. The fourth-order valence-corrected chi connectivity index (χ4v) is 3.49. The fraction of sp³-hybridized carbons (Fsp3) is 0. The van der Waals surface area contributed by atoms with Gasteiger partial charge in [-0.05, 0) is 54.6 Å². The van der Waals surface area contributed by atoms with E-state index in [0.29, 0.717) is 11.5 Å². The highest BCUT2D eigenvalue weighted by atomic mass is 32.2. The van der Waals surface area contributed by atoms with Crippen molar-refractivity contribution in [3.8, 4) is 23.8 Å². The summed E-state index contributed by atoms with van der Waals surface area (Å²) in [6, 6.07) is 21.8. The van der Waals surface area contributed by atoms with Crippen LogP contribution in [0.2, 0.25) is 0 Å². The summed E-state index contributed by atoms with van der Waals surface area (Å²) in [5, 5.41) is 0. The molecule has 24 heavy (non-hydrogen) atoms. The molecule has 0 atom stereocenters. The van der Waals surface area contributed by atoms with Gasteiger partial charge in [-0.1, -0.05) is 30.2 Å². The Morgan fingerprint density at radius 2 is 1.42 bits per heavy atom. The van der Waals surface area contributed by atoms with Crippen molar-refractivity contribution in [2.45, 2.75) is 9.79 Å². The Morgan fingerprint density at radius 3 is 2.08 bits per heavy atom. The Kier molecular flexibility index (Phi) is 4.37.